The number of amides is 1. The smallest absolute Gasteiger partial charge is 0.405 e. The van der Waals surface area contributed by atoms with Crippen molar-refractivity contribution in [2.45, 2.75) is 37.6 Å². The van der Waals surface area contributed by atoms with Crippen LogP contribution in [0.1, 0.15) is 32.1 Å². The minimum Gasteiger partial charge on any atom is -0.465 e. The maximum Gasteiger partial charge on any atom is 0.405 e. The monoisotopic (exact) mass is 189 g/mol. The highest BCUT2D eigenvalue weighted by Gasteiger charge is 2.41. The van der Waals surface area contributed by atoms with E-state index in [0.717, 1.165) is 6.42 Å². The number of carbonyl (C=O) groups is 2. The summed E-state index contributed by atoms with van der Waals surface area (Å²) < 4.78 is 12.6. The van der Waals surface area contributed by atoms with Gasteiger partial charge in [0, 0.05) is 0 Å². The molecule has 0 aromatic carbocycles. The summed E-state index contributed by atoms with van der Waals surface area (Å²) in [7, 11) is 0. The fraction of sp³-hybridized carbons (Fsp3) is 0.750. The highest BCUT2D eigenvalue weighted by Crippen LogP contribution is 2.29. The van der Waals surface area contributed by atoms with E-state index < -0.39 is 17.7 Å². The first-order chi connectivity index (χ1) is 6.07. The fourth-order valence-electron chi connectivity index (χ4n) is 1.73. The molecule has 0 aromatic heterocycles. The van der Waals surface area contributed by atoms with Crippen molar-refractivity contribution >= 4 is 12.1 Å². The molecule has 74 valence electrons. The Kier molecular flexibility index (Phi) is 2.85. The zero-order valence-electron chi connectivity index (χ0n) is 7.18. The van der Waals surface area contributed by atoms with Crippen molar-refractivity contribution in [2.24, 2.45) is 0 Å². The Morgan fingerprint density at radius 2 is 1.77 bits per heavy atom. The molecule has 13 heavy (non-hydrogen) atoms. The number of halogens is 1. The van der Waals surface area contributed by atoms with Gasteiger partial charge in [0.15, 0.2) is 0 Å². The Hall–Kier alpha value is -1.13. The lowest BCUT2D eigenvalue weighted by Crippen LogP contribution is -2.53. The average Bonchev–Trinajstić information content (AvgIpc) is 2.04. The molecule has 0 atom stereocenters. The van der Waals surface area contributed by atoms with E-state index in [1.807, 2.05) is 5.32 Å². The van der Waals surface area contributed by atoms with Gasteiger partial charge in [-0.1, -0.05) is 19.3 Å². The molecule has 1 fully saturated rings. The lowest BCUT2D eigenvalue weighted by molar-refractivity contribution is -0.137. The Balaban J connectivity index is 2.73. The summed E-state index contributed by atoms with van der Waals surface area (Å²) >= 11 is 0. The third kappa shape index (κ3) is 2.17. The van der Waals surface area contributed by atoms with Crippen LogP contribution in [0.15, 0.2) is 0 Å². The molecule has 2 N–H and O–H groups in total. The summed E-state index contributed by atoms with van der Waals surface area (Å²) in [6.45, 7) is 0. The van der Waals surface area contributed by atoms with E-state index in [2.05, 4.69) is 0 Å². The topological polar surface area (TPSA) is 66.4 Å². The second kappa shape index (κ2) is 3.72. The normalized spacial score (nSPS) is 20.7. The molecule has 1 aliphatic carbocycles. The van der Waals surface area contributed by atoms with E-state index in [1.54, 1.807) is 0 Å². The lowest BCUT2D eigenvalue weighted by atomic mass is 9.82. The van der Waals surface area contributed by atoms with Gasteiger partial charge in [-0.15, -0.1) is 0 Å². The number of carbonyl (C=O) groups excluding carboxylic acids is 1. The first-order valence-electron chi connectivity index (χ1n) is 4.28. The van der Waals surface area contributed by atoms with Crippen molar-refractivity contribution in [2.75, 3.05) is 0 Å². The highest BCUT2D eigenvalue weighted by atomic mass is 19.1. The van der Waals surface area contributed by atoms with E-state index in [1.165, 1.54) is 0 Å². The zero-order valence-corrected chi connectivity index (χ0v) is 7.18. The van der Waals surface area contributed by atoms with Crippen molar-refractivity contribution in [3.63, 3.8) is 0 Å². The fourth-order valence-corrected chi connectivity index (χ4v) is 1.73. The maximum atomic E-state index is 12.6. The van der Waals surface area contributed by atoms with Crippen molar-refractivity contribution < 1.29 is 19.1 Å². The maximum absolute atomic E-state index is 12.6. The van der Waals surface area contributed by atoms with Crippen LogP contribution in [0, 0.1) is 0 Å². The van der Waals surface area contributed by atoms with Crippen molar-refractivity contribution in [1.29, 1.82) is 0 Å². The standard InChI is InChI=1S/C8H12FNO3/c9-6(11)8(10-7(12)13)4-2-1-3-5-8/h10H,1-5H2,(H,12,13). The first kappa shape index (κ1) is 9.95. The van der Waals surface area contributed by atoms with Crippen molar-refractivity contribution in [3.05, 3.63) is 0 Å². The van der Waals surface area contributed by atoms with Crippen LogP contribution in [-0.2, 0) is 4.79 Å². The molecule has 0 aromatic rings. The van der Waals surface area contributed by atoms with Crippen molar-refractivity contribution in [3.8, 4) is 0 Å². The van der Waals surface area contributed by atoms with Crippen LogP contribution >= 0.6 is 0 Å². The average molecular weight is 189 g/mol. The Bertz CT molecular complexity index is 223. The van der Waals surface area contributed by atoms with Crippen LogP contribution in [0.3, 0.4) is 0 Å². The van der Waals surface area contributed by atoms with Crippen molar-refractivity contribution in [1.82, 2.24) is 5.32 Å². The van der Waals surface area contributed by atoms with Gasteiger partial charge in [0.25, 0.3) is 0 Å². The molecule has 1 rings (SSSR count). The number of nitrogens with one attached hydrogen (secondary N) is 1. The van der Waals surface area contributed by atoms with Crippen LogP contribution in [0.2, 0.25) is 0 Å². The van der Waals surface area contributed by atoms with Gasteiger partial charge in [-0.25, -0.2) is 4.79 Å². The molecule has 1 saturated carbocycles. The molecule has 0 saturated heterocycles. The molecule has 0 bridgehead atoms. The summed E-state index contributed by atoms with van der Waals surface area (Å²) in [5.41, 5.74) is -1.45. The molecule has 0 radical (unpaired) electrons. The molecule has 1 amide bonds. The molecular weight excluding hydrogens is 177 g/mol. The van der Waals surface area contributed by atoms with E-state index in [9.17, 15) is 14.0 Å². The number of hydrogen-bond acceptors (Lipinski definition) is 2. The summed E-state index contributed by atoms with van der Waals surface area (Å²) in [6, 6.07) is -1.56. The number of carboxylic acid groups (broad SMARTS) is 1. The van der Waals surface area contributed by atoms with Gasteiger partial charge in [0.05, 0.1) is 0 Å². The Labute approximate surface area is 75.1 Å². The van der Waals surface area contributed by atoms with E-state index in [0.29, 0.717) is 12.8 Å². The van der Waals surface area contributed by atoms with Gasteiger partial charge in [-0.3, -0.25) is 4.79 Å². The Morgan fingerprint density at radius 3 is 2.15 bits per heavy atom. The predicted octanol–water partition coefficient (Wildman–Crippen LogP) is 1.45. The number of rotatable bonds is 2. The molecule has 4 nitrogen and oxygen atoms in total. The highest BCUT2D eigenvalue weighted by molar-refractivity contribution is 5.84. The largest absolute Gasteiger partial charge is 0.465 e. The van der Waals surface area contributed by atoms with Crippen LogP contribution in [0.25, 0.3) is 0 Å². The minimum absolute atomic E-state index is 0.272. The zero-order chi connectivity index (χ0) is 9.90. The SMILES string of the molecule is O=C(O)NC1(C(=O)F)CCCCC1. The molecule has 0 spiro atoms. The third-order valence-electron chi connectivity index (χ3n) is 2.43. The van der Waals surface area contributed by atoms with E-state index in [-0.39, 0.29) is 12.8 Å². The third-order valence-corrected chi connectivity index (χ3v) is 2.43. The van der Waals surface area contributed by atoms with Crippen LogP contribution < -0.4 is 5.32 Å². The van der Waals surface area contributed by atoms with Gasteiger partial charge in [0.1, 0.15) is 5.54 Å². The van der Waals surface area contributed by atoms with Crippen LogP contribution in [0.5, 0.6) is 0 Å². The van der Waals surface area contributed by atoms with Gasteiger partial charge in [0.2, 0.25) is 0 Å². The molecule has 5 heteroatoms. The second-order valence-electron chi connectivity index (χ2n) is 3.35. The van der Waals surface area contributed by atoms with Crippen LogP contribution in [-0.4, -0.2) is 22.8 Å². The van der Waals surface area contributed by atoms with Gasteiger partial charge in [-0.05, 0) is 12.8 Å². The molecule has 0 unspecified atom stereocenters. The van der Waals surface area contributed by atoms with E-state index >= 15 is 0 Å². The molecule has 0 heterocycles. The molecule has 0 aliphatic heterocycles. The van der Waals surface area contributed by atoms with E-state index in [4.69, 9.17) is 5.11 Å². The second-order valence-corrected chi connectivity index (χ2v) is 3.35. The Morgan fingerprint density at radius 1 is 1.23 bits per heavy atom. The summed E-state index contributed by atoms with van der Waals surface area (Å²) in [5.74, 6) is 0. The molecular formula is C8H12FNO3. The summed E-state index contributed by atoms with van der Waals surface area (Å²) in [5, 5.41) is 10.4. The minimum atomic E-state index is -1.56. The first-order valence-corrected chi connectivity index (χ1v) is 4.28. The lowest BCUT2D eigenvalue weighted by Gasteiger charge is -2.32. The van der Waals surface area contributed by atoms with Crippen LogP contribution in [0.4, 0.5) is 9.18 Å². The van der Waals surface area contributed by atoms with Gasteiger partial charge in [-0.2, -0.15) is 4.39 Å². The quantitative estimate of drug-likeness (QED) is 0.646. The van der Waals surface area contributed by atoms with Gasteiger partial charge < -0.3 is 10.4 Å². The van der Waals surface area contributed by atoms with Gasteiger partial charge >= 0.3 is 12.1 Å². The molecule has 1 aliphatic rings. The number of hydrogen-bond donors (Lipinski definition) is 2. The predicted molar refractivity (Wildman–Crippen MR) is 43.1 cm³/mol. The summed E-state index contributed by atoms with van der Waals surface area (Å²) in [4.78, 5) is 21.0. The summed E-state index contributed by atoms with van der Waals surface area (Å²) in [6.07, 6.45) is 1.51.